The number of hydrogen-bond donors (Lipinski definition) is 2. The number of fused-ring (bicyclic) bond motifs is 6. The molecule has 0 unspecified atom stereocenters. The Labute approximate surface area is 292 Å². The molecule has 0 saturated carbocycles. The number of nitrogens with zero attached hydrogens (tertiary/aromatic N) is 2. The van der Waals surface area contributed by atoms with Gasteiger partial charge in [-0.2, -0.15) is 13.2 Å². The Hall–Kier alpha value is -5.18. The van der Waals surface area contributed by atoms with Crippen molar-refractivity contribution in [3.63, 3.8) is 0 Å². The van der Waals surface area contributed by atoms with Gasteiger partial charge in [0.15, 0.2) is 0 Å². The van der Waals surface area contributed by atoms with Crippen LogP contribution in [0.5, 0.6) is 5.75 Å². The summed E-state index contributed by atoms with van der Waals surface area (Å²) in [6.45, 7) is 2.63. The van der Waals surface area contributed by atoms with E-state index in [1.807, 2.05) is 0 Å². The highest BCUT2D eigenvalue weighted by atomic mass is 19.4. The molecule has 0 radical (unpaired) electrons. The van der Waals surface area contributed by atoms with Gasteiger partial charge in [-0.25, -0.2) is 17.6 Å². The van der Waals surface area contributed by atoms with Gasteiger partial charge in [-0.15, -0.1) is 0 Å². The lowest BCUT2D eigenvalue weighted by atomic mass is 9.90. The number of carbonyl (C=O) groups is 2. The number of hydrogen-bond acceptors (Lipinski definition) is 5. The minimum Gasteiger partial charge on any atom is -0.488 e. The first kappa shape index (κ1) is 36.6. The van der Waals surface area contributed by atoms with Crippen LogP contribution >= 0.6 is 0 Å². The molecular formula is C37H32F7N3O5. The highest BCUT2D eigenvalue weighted by Gasteiger charge is 2.38. The number of pyridine rings is 1. The lowest BCUT2D eigenvalue weighted by Crippen LogP contribution is -2.49. The number of carboxylic acid groups (broad SMARTS) is 1. The predicted molar refractivity (Wildman–Crippen MR) is 174 cm³/mol. The predicted octanol–water partition coefficient (Wildman–Crippen LogP) is 6.58. The minimum absolute atomic E-state index is 0.00506. The van der Waals surface area contributed by atoms with Gasteiger partial charge in [0, 0.05) is 54.2 Å². The van der Waals surface area contributed by atoms with Crippen molar-refractivity contribution in [2.45, 2.75) is 57.7 Å². The normalized spacial score (nSPS) is 18.1. The third kappa shape index (κ3) is 7.14. The zero-order valence-electron chi connectivity index (χ0n) is 27.8. The van der Waals surface area contributed by atoms with E-state index in [4.69, 9.17) is 4.74 Å². The number of alkyl halides is 4. The first-order valence-electron chi connectivity index (χ1n) is 16.2. The number of aliphatic carboxylic acids is 1. The van der Waals surface area contributed by atoms with Crippen LogP contribution in [0.3, 0.4) is 0 Å². The van der Waals surface area contributed by atoms with Crippen molar-refractivity contribution in [2.75, 3.05) is 19.6 Å². The first-order chi connectivity index (χ1) is 24.5. The number of benzene rings is 3. The van der Waals surface area contributed by atoms with Gasteiger partial charge in [0.1, 0.15) is 42.0 Å². The summed E-state index contributed by atoms with van der Waals surface area (Å²) in [6, 6.07) is 5.67. The molecule has 1 aromatic heterocycles. The Morgan fingerprint density at radius 1 is 1.00 bits per heavy atom. The van der Waals surface area contributed by atoms with Crippen LogP contribution in [0.1, 0.15) is 57.4 Å². The summed E-state index contributed by atoms with van der Waals surface area (Å²) in [6.07, 6.45) is -6.81. The maximum Gasteiger partial charge on any atom is 0.416 e. The molecule has 274 valence electrons. The van der Waals surface area contributed by atoms with Crippen molar-refractivity contribution >= 4 is 11.9 Å². The second-order valence-corrected chi connectivity index (χ2v) is 13.0. The molecule has 1 fully saturated rings. The van der Waals surface area contributed by atoms with Crippen LogP contribution < -0.4 is 15.6 Å². The summed E-state index contributed by atoms with van der Waals surface area (Å²) in [7, 11) is 0. The van der Waals surface area contributed by atoms with Crippen molar-refractivity contribution in [3.8, 4) is 16.9 Å². The number of likely N-dealkylation sites (tertiary alicyclic amines) is 1. The lowest BCUT2D eigenvalue weighted by molar-refractivity contribution is -0.139. The summed E-state index contributed by atoms with van der Waals surface area (Å²) in [5.74, 6) is -6.26. The Kier molecular flexibility index (Phi) is 9.92. The summed E-state index contributed by atoms with van der Waals surface area (Å²) in [5, 5.41) is 12.1. The number of aromatic nitrogens is 1. The molecule has 0 aliphatic carbocycles. The van der Waals surface area contributed by atoms with Gasteiger partial charge >= 0.3 is 12.1 Å². The Morgan fingerprint density at radius 2 is 1.73 bits per heavy atom. The van der Waals surface area contributed by atoms with E-state index < -0.39 is 88.0 Å². The van der Waals surface area contributed by atoms with Crippen LogP contribution in [-0.4, -0.2) is 52.3 Å². The molecule has 4 bridgehead atoms. The fourth-order valence-corrected chi connectivity index (χ4v) is 6.74. The smallest absolute Gasteiger partial charge is 0.416 e. The molecule has 6 rings (SSSR count). The molecule has 15 heteroatoms. The molecule has 3 heterocycles. The summed E-state index contributed by atoms with van der Waals surface area (Å²) < 4.78 is 111. The van der Waals surface area contributed by atoms with E-state index in [0.717, 1.165) is 12.3 Å². The number of ether oxygens (including phenoxy) is 1. The van der Waals surface area contributed by atoms with Crippen molar-refractivity contribution in [1.29, 1.82) is 0 Å². The van der Waals surface area contributed by atoms with Crippen molar-refractivity contribution in [1.82, 2.24) is 14.8 Å². The fourth-order valence-electron chi connectivity index (χ4n) is 6.74. The topological polar surface area (TPSA) is 101 Å². The number of nitrogens with one attached hydrogen (secondary N) is 1. The van der Waals surface area contributed by atoms with Crippen molar-refractivity contribution in [3.05, 3.63) is 121 Å². The minimum atomic E-state index is -5.02. The van der Waals surface area contributed by atoms with E-state index in [-0.39, 0.29) is 66.7 Å². The Bertz CT molecular complexity index is 2130. The maximum absolute atomic E-state index is 16.6. The third-order valence-electron chi connectivity index (χ3n) is 9.32. The molecule has 0 spiro atoms. The molecule has 4 aromatic rings. The van der Waals surface area contributed by atoms with Crippen LogP contribution in [0.2, 0.25) is 0 Å². The van der Waals surface area contributed by atoms with Gasteiger partial charge in [0.2, 0.25) is 5.91 Å². The van der Waals surface area contributed by atoms with Crippen LogP contribution in [-0.2, 0) is 28.8 Å². The van der Waals surface area contributed by atoms with Crippen LogP contribution in [0.25, 0.3) is 11.1 Å². The fraction of sp³-hybridized carbons (Fsp3) is 0.324. The molecule has 2 N–H and O–H groups in total. The second-order valence-electron chi connectivity index (χ2n) is 13.0. The zero-order valence-corrected chi connectivity index (χ0v) is 27.8. The number of aryl methyl sites for hydroxylation is 2. The standard InChI is InChI=1S/C37H32F7N3O5/c1-18-4-3-5-28-31(18)24-10-19(2)33(40)32(34(24)41)27(13-30(49)50)45-36(51)35(23-11-20(17-52-28)6-7-26(23)39)47-14-21(8-9-46-15-22(38)16-46)25(12-29(47)48)37(42,43)44/h3-7,10-12,14,22,27,35H,8-9,13,15-17H2,1-2H3,(H,45,51)(H,49,50)/t27-,35+/m0/s1. The summed E-state index contributed by atoms with van der Waals surface area (Å²) in [4.78, 5) is 41.5. The zero-order chi connectivity index (χ0) is 37.6. The van der Waals surface area contributed by atoms with Crippen LogP contribution in [0, 0.1) is 31.3 Å². The molecule has 1 saturated heterocycles. The largest absolute Gasteiger partial charge is 0.488 e. The molecule has 8 nitrogen and oxygen atoms in total. The highest BCUT2D eigenvalue weighted by molar-refractivity contribution is 5.85. The van der Waals surface area contributed by atoms with Crippen molar-refractivity contribution in [2.24, 2.45) is 0 Å². The number of carboxylic acids is 1. The highest BCUT2D eigenvalue weighted by Crippen LogP contribution is 2.41. The van der Waals surface area contributed by atoms with Crippen molar-refractivity contribution < 1.29 is 50.2 Å². The molecule has 1 amide bonds. The van der Waals surface area contributed by atoms with Gasteiger partial charge in [-0.05, 0) is 66.8 Å². The van der Waals surface area contributed by atoms with E-state index in [0.29, 0.717) is 10.1 Å². The third-order valence-corrected chi connectivity index (χ3v) is 9.32. The number of rotatable bonds is 6. The molecule has 2 atom stereocenters. The van der Waals surface area contributed by atoms with Gasteiger partial charge in [0.05, 0.1) is 18.0 Å². The van der Waals surface area contributed by atoms with E-state index in [1.165, 1.54) is 31.2 Å². The van der Waals surface area contributed by atoms with Gasteiger partial charge in [-0.3, -0.25) is 23.9 Å². The number of halogens is 7. The lowest BCUT2D eigenvalue weighted by Gasteiger charge is -2.34. The SMILES string of the molecule is Cc1cc2c(F)c(c1F)[C@H](CC(=O)O)NC(=O)[C@H](n1cc(CCN3CC(F)C3)c(C(F)(F)F)cc1=O)c1cc(ccc1F)COc1cccc(C)c1-2. The van der Waals surface area contributed by atoms with Crippen LogP contribution in [0.4, 0.5) is 30.7 Å². The Balaban J connectivity index is 1.58. The second kappa shape index (κ2) is 14.1. The van der Waals surface area contributed by atoms with Crippen LogP contribution in [0.15, 0.2) is 59.5 Å². The molecule has 2 aliphatic rings. The first-order valence-corrected chi connectivity index (χ1v) is 16.2. The van der Waals surface area contributed by atoms with E-state index in [1.54, 1.807) is 24.0 Å². The Morgan fingerprint density at radius 3 is 2.40 bits per heavy atom. The molecule has 3 aromatic carbocycles. The number of amides is 1. The van der Waals surface area contributed by atoms with Gasteiger partial charge in [-0.1, -0.05) is 18.2 Å². The maximum atomic E-state index is 16.6. The number of carbonyl (C=O) groups excluding carboxylic acids is 1. The average molecular weight is 732 g/mol. The monoisotopic (exact) mass is 731 g/mol. The van der Waals surface area contributed by atoms with Gasteiger partial charge < -0.3 is 15.2 Å². The van der Waals surface area contributed by atoms with E-state index >= 15 is 13.2 Å². The van der Waals surface area contributed by atoms with E-state index in [9.17, 15) is 37.1 Å². The average Bonchev–Trinajstić information content (AvgIpc) is 3.04. The molecule has 52 heavy (non-hydrogen) atoms. The molecular weight excluding hydrogens is 699 g/mol. The summed E-state index contributed by atoms with van der Waals surface area (Å²) in [5.41, 5.74) is -3.82. The quantitative estimate of drug-likeness (QED) is 0.218. The molecule has 2 aliphatic heterocycles. The van der Waals surface area contributed by atoms with Gasteiger partial charge in [0.25, 0.3) is 5.56 Å². The summed E-state index contributed by atoms with van der Waals surface area (Å²) >= 11 is 0. The van der Waals surface area contributed by atoms with E-state index in [2.05, 4.69) is 5.32 Å².